The number of rotatable bonds is 6. The molecule has 1 heterocycles. The standard InChI is InChI=1S/C23H29FN2O2/c1-17(2)16-25-14-12-20(13-15-25)26(19-10-8-18(24)9-11-19)23(27)21-6-4-5-7-22(21)28-3/h4-11,17,20H,12-16H2,1-3H3. The van der Waals surface area contributed by atoms with E-state index in [1.807, 2.05) is 17.0 Å². The van der Waals surface area contributed by atoms with Gasteiger partial charge < -0.3 is 14.5 Å². The summed E-state index contributed by atoms with van der Waals surface area (Å²) in [5, 5.41) is 0. The van der Waals surface area contributed by atoms with E-state index < -0.39 is 0 Å². The first-order chi connectivity index (χ1) is 13.5. The zero-order chi connectivity index (χ0) is 20.1. The van der Waals surface area contributed by atoms with E-state index in [0.717, 1.165) is 38.2 Å². The summed E-state index contributed by atoms with van der Waals surface area (Å²) in [4.78, 5) is 17.8. The first-order valence-electron chi connectivity index (χ1n) is 9.94. The zero-order valence-corrected chi connectivity index (χ0v) is 16.9. The smallest absolute Gasteiger partial charge is 0.262 e. The normalized spacial score (nSPS) is 15.6. The minimum absolute atomic E-state index is 0.0753. The number of para-hydroxylation sites is 1. The van der Waals surface area contributed by atoms with Crippen LogP contribution >= 0.6 is 0 Å². The van der Waals surface area contributed by atoms with Crippen molar-refractivity contribution >= 4 is 11.6 Å². The monoisotopic (exact) mass is 384 g/mol. The Morgan fingerprint density at radius 3 is 2.39 bits per heavy atom. The van der Waals surface area contributed by atoms with Gasteiger partial charge in [0.1, 0.15) is 11.6 Å². The van der Waals surface area contributed by atoms with Gasteiger partial charge in [0.25, 0.3) is 5.91 Å². The van der Waals surface area contributed by atoms with Gasteiger partial charge in [0.05, 0.1) is 12.7 Å². The molecule has 0 aromatic heterocycles. The molecule has 0 spiro atoms. The first kappa shape index (κ1) is 20.3. The molecule has 1 saturated heterocycles. The molecule has 1 fully saturated rings. The van der Waals surface area contributed by atoms with Crippen LogP contribution in [0.4, 0.5) is 10.1 Å². The predicted molar refractivity (Wildman–Crippen MR) is 111 cm³/mol. The third-order valence-electron chi connectivity index (χ3n) is 5.21. The highest BCUT2D eigenvalue weighted by Gasteiger charge is 2.31. The van der Waals surface area contributed by atoms with E-state index in [2.05, 4.69) is 18.7 Å². The number of nitrogens with zero attached hydrogens (tertiary/aromatic N) is 2. The van der Waals surface area contributed by atoms with Gasteiger partial charge in [-0.15, -0.1) is 0 Å². The highest BCUT2D eigenvalue weighted by Crippen LogP contribution is 2.29. The summed E-state index contributed by atoms with van der Waals surface area (Å²) >= 11 is 0. The van der Waals surface area contributed by atoms with Crippen LogP contribution in [-0.4, -0.2) is 43.6 Å². The molecule has 0 bridgehead atoms. The Hall–Kier alpha value is -2.40. The van der Waals surface area contributed by atoms with Crippen molar-refractivity contribution in [3.8, 4) is 5.75 Å². The fraction of sp³-hybridized carbons (Fsp3) is 0.435. The van der Waals surface area contributed by atoms with E-state index in [0.29, 0.717) is 17.2 Å². The molecule has 0 radical (unpaired) electrons. The highest BCUT2D eigenvalue weighted by molar-refractivity contribution is 6.08. The van der Waals surface area contributed by atoms with Crippen molar-refractivity contribution in [1.82, 2.24) is 4.90 Å². The van der Waals surface area contributed by atoms with E-state index in [9.17, 15) is 9.18 Å². The molecule has 3 rings (SSSR count). The number of carbonyl (C=O) groups excluding carboxylic acids is 1. The second-order valence-electron chi connectivity index (χ2n) is 7.78. The average molecular weight is 384 g/mol. The quantitative estimate of drug-likeness (QED) is 0.730. The molecule has 0 aliphatic carbocycles. The van der Waals surface area contributed by atoms with Gasteiger partial charge in [-0.1, -0.05) is 26.0 Å². The molecule has 4 nitrogen and oxygen atoms in total. The molecule has 0 unspecified atom stereocenters. The maximum atomic E-state index is 13.5. The minimum atomic E-state index is -0.305. The van der Waals surface area contributed by atoms with Crippen LogP contribution in [0, 0.1) is 11.7 Å². The molecular formula is C23H29FN2O2. The number of carbonyl (C=O) groups is 1. The average Bonchev–Trinajstić information content (AvgIpc) is 2.70. The van der Waals surface area contributed by atoms with Gasteiger partial charge in [-0.2, -0.15) is 0 Å². The fourth-order valence-electron chi connectivity index (χ4n) is 3.92. The van der Waals surface area contributed by atoms with E-state index in [-0.39, 0.29) is 17.8 Å². The Morgan fingerprint density at radius 2 is 1.79 bits per heavy atom. The third-order valence-corrected chi connectivity index (χ3v) is 5.21. The van der Waals surface area contributed by atoms with Crippen LogP contribution in [0.1, 0.15) is 37.0 Å². The number of hydrogen-bond acceptors (Lipinski definition) is 3. The molecule has 1 aliphatic heterocycles. The predicted octanol–water partition coefficient (Wildman–Crippen LogP) is 4.60. The SMILES string of the molecule is COc1ccccc1C(=O)N(c1ccc(F)cc1)C1CCN(CC(C)C)CC1. The van der Waals surface area contributed by atoms with Crippen molar-refractivity contribution in [3.05, 3.63) is 59.9 Å². The van der Waals surface area contributed by atoms with E-state index >= 15 is 0 Å². The van der Waals surface area contributed by atoms with Crippen LogP contribution in [0.25, 0.3) is 0 Å². The Balaban J connectivity index is 1.88. The summed E-state index contributed by atoms with van der Waals surface area (Å²) in [6, 6.07) is 13.5. The molecule has 0 saturated carbocycles. The maximum Gasteiger partial charge on any atom is 0.262 e. The van der Waals surface area contributed by atoms with Crippen LogP contribution in [0.15, 0.2) is 48.5 Å². The lowest BCUT2D eigenvalue weighted by Gasteiger charge is -2.39. The summed E-state index contributed by atoms with van der Waals surface area (Å²) in [6.45, 7) is 7.44. The highest BCUT2D eigenvalue weighted by atomic mass is 19.1. The number of anilines is 1. The lowest BCUT2D eigenvalue weighted by Crippen LogP contribution is -2.48. The van der Waals surface area contributed by atoms with Gasteiger partial charge in [0, 0.05) is 31.4 Å². The molecule has 150 valence electrons. The van der Waals surface area contributed by atoms with Crippen LogP contribution in [0.2, 0.25) is 0 Å². The Morgan fingerprint density at radius 1 is 1.14 bits per heavy atom. The van der Waals surface area contributed by atoms with Gasteiger partial charge in [-0.25, -0.2) is 4.39 Å². The van der Waals surface area contributed by atoms with Crippen molar-refractivity contribution in [3.63, 3.8) is 0 Å². The molecule has 1 amide bonds. The molecule has 1 aliphatic rings. The van der Waals surface area contributed by atoms with Crippen molar-refractivity contribution in [2.75, 3.05) is 31.6 Å². The van der Waals surface area contributed by atoms with E-state index in [1.54, 1.807) is 31.4 Å². The molecular weight excluding hydrogens is 355 g/mol. The molecule has 5 heteroatoms. The Kier molecular flexibility index (Phi) is 6.68. The number of likely N-dealkylation sites (tertiary alicyclic amines) is 1. The summed E-state index contributed by atoms with van der Waals surface area (Å²) < 4.78 is 18.9. The van der Waals surface area contributed by atoms with Crippen molar-refractivity contribution in [1.29, 1.82) is 0 Å². The minimum Gasteiger partial charge on any atom is -0.496 e. The summed E-state index contributed by atoms with van der Waals surface area (Å²) in [6.07, 6.45) is 1.79. The molecule has 2 aromatic rings. The Labute approximate surface area is 166 Å². The molecule has 28 heavy (non-hydrogen) atoms. The number of benzene rings is 2. The van der Waals surface area contributed by atoms with Gasteiger partial charge in [0.2, 0.25) is 0 Å². The first-order valence-corrected chi connectivity index (χ1v) is 9.94. The fourth-order valence-corrected chi connectivity index (χ4v) is 3.92. The summed E-state index contributed by atoms with van der Waals surface area (Å²) in [5.41, 5.74) is 1.25. The zero-order valence-electron chi connectivity index (χ0n) is 16.9. The van der Waals surface area contributed by atoms with Crippen LogP contribution in [0.3, 0.4) is 0 Å². The third kappa shape index (κ3) is 4.71. The van der Waals surface area contributed by atoms with Gasteiger partial charge in [-0.05, 0) is 55.2 Å². The number of amides is 1. The van der Waals surface area contributed by atoms with Crippen molar-refractivity contribution in [2.24, 2.45) is 5.92 Å². The number of hydrogen-bond donors (Lipinski definition) is 0. The topological polar surface area (TPSA) is 32.8 Å². The van der Waals surface area contributed by atoms with Crippen molar-refractivity contribution in [2.45, 2.75) is 32.7 Å². The lowest BCUT2D eigenvalue weighted by molar-refractivity contribution is 0.0954. The molecule has 2 aromatic carbocycles. The van der Waals surface area contributed by atoms with E-state index in [4.69, 9.17) is 4.74 Å². The number of methoxy groups -OCH3 is 1. The second-order valence-corrected chi connectivity index (χ2v) is 7.78. The number of piperidine rings is 1. The van der Waals surface area contributed by atoms with Gasteiger partial charge in [0.15, 0.2) is 0 Å². The van der Waals surface area contributed by atoms with Crippen molar-refractivity contribution < 1.29 is 13.9 Å². The lowest BCUT2D eigenvalue weighted by atomic mass is 9.99. The largest absolute Gasteiger partial charge is 0.496 e. The number of ether oxygens (including phenoxy) is 1. The van der Waals surface area contributed by atoms with Gasteiger partial charge >= 0.3 is 0 Å². The molecule has 0 atom stereocenters. The maximum absolute atomic E-state index is 13.5. The number of halogens is 1. The van der Waals surface area contributed by atoms with E-state index in [1.165, 1.54) is 12.1 Å². The second kappa shape index (κ2) is 9.20. The molecule has 0 N–H and O–H groups in total. The van der Waals surface area contributed by atoms with Gasteiger partial charge in [-0.3, -0.25) is 4.79 Å². The van der Waals surface area contributed by atoms with Crippen LogP contribution in [0.5, 0.6) is 5.75 Å². The summed E-state index contributed by atoms with van der Waals surface area (Å²) in [5.74, 6) is 0.767. The Bertz CT molecular complexity index is 783. The van der Waals surface area contributed by atoms with Crippen LogP contribution < -0.4 is 9.64 Å². The summed E-state index contributed by atoms with van der Waals surface area (Å²) in [7, 11) is 1.57. The van der Waals surface area contributed by atoms with Crippen LogP contribution in [-0.2, 0) is 0 Å².